The molecule has 4 aromatic carbocycles. The van der Waals surface area contributed by atoms with E-state index in [1.165, 1.54) is 72.3 Å². The molecule has 0 saturated heterocycles. The van der Waals surface area contributed by atoms with Crippen LogP contribution in [-0.2, 0) is 0 Å². The van der Waals surface area contributed by atoms with Gasteiger partial charge in [-0.1, -0.05) is 91.5 Å². The molecule has 2 aromatic heterocycles. The van der Waals surface area contributed by atoms with Gasteiger partial charge in [-0.05, 0) is 90.6 Å². The van der Waals surface area contributed by atoms with E-state index in [1.54, 1.807) is 0 Å². The molecular formula is C42H32N2. The minimum Gasteiger partial charge on any atom is -0.313 e. The van der Waals surface area contributed by atoms with Gasteiger partial charge in [0.15, 0.2) is 0 Å². The number of para-hydroxylation sites is 1. The predicted octanol–water partition coefficient (Wildman–Crippen LogP) is 11.3. The van der Waals surface area contributed by atoms with Crippen LogP contribution in [0, 0.1) is 0 Å². The predicted molar refractivity (Wildman–Crippen MR) is 189 cm³/mol. The van der Waals surface area contributed by atoms with Gasteiger partial charge in [0.1, 0.15) is 0 Å². The Balaban J connectivity index is 1.20. The number of benzene rings is 4. The highest BCUT2D eigenvalue weighted by atomic mass is 15.0. The number of hydrogen-bond donors (Lipinski definition) is 0. The van der Waals surface area contributed by atoms with Crippen LogP contribution in [-0.4, -0.2) is 9.13 Å². The fourth-order valence-electron chi connectivity index (χ4n) is 6.95. The molecule has 2 aliphatic carbocycles. The molecule has 44 heavy (non-hydrogen) atoms. The van der Waals surface area contributed by atoms with Gasteiger partial charge in [0.25, 0.3) is 0 Å². The van der Waals surface area contributed by atoms with Gasteiger partial charge in [0.05, 0.1) is 22.4 Å². The molecule has 2 heterocycles. The van der Waals surface area contributed by atoms with E-state index in [9.17, 15) is 0 Å². The van der Waals surface area contributed by atoms with Crippen molar-refractivity contribution in [3.05, 3.63) is 156 Å². The summed E-state index contributed by atoms with van der Waals surface area (Å²) in [6.45, 7) is 6.21. The monoisotopic (exact) mass is 564 g/mol. The van der Waals surface area contributed by atoms with Gasteiger partial charge in [0, 0.05) is 39.4 Å². The topological polar surface area (TPSA) is 9.86 Å². The van der Waals surface area contributed by atoms with E-state index in [0.717, 1.165) is 18.5 Å². The molecule has 2 aliphatic rings. The summed E-state index contributed by atoms with van der Waals surface area (Å²) < 4.78 is 4.79. The molecule has 0 fully saturated rings. The summed E-state index contributed by atoms with van der Waals surface area (Å²) in [6, 6.07) is 35.0. The third-order valence-electron chi connectivity index (χ3n) is 8.97. The number of allylic oxidation sites excluding steroid dienone is 5. The normalized spacial score (nSPS) is 14.0. The molecule has 8 rings (SSSR count). The first-order valence-electron chi connectivity index (χ1n) is 15.3. The minimum absolute atomic E-state index is 0.969. The van der Waals surface area contributed by atoms with Gasteiger partial charge in [-0.25, -0.2) is 0 Å². The molecule has 210 valence electrons. The Morgan fingerprint density at radius 3 is 2.34 bits per heavy atom. The lowest BCUT2D eigenvalue weighted by Crippen LogP contribution is -2.03. The fraction of sp³-hybridized carbons (Fsp3) is 0.0714. The van der Waals surface area contributed by atoms with E-state index in [-0.39, 0.29) is 0 Å². The van der Waals surface area contributed by atoms with Crippen molar-refractivity contribution in [2.24, 2.45) is 0 Å². The maximum absolute atomic E-state index is 4.13. The summed E-state index contributed by atoms with van der Waals surface area (Å²) >= 11 is 0. The number of rotatable bonds is 6. The van der Waals surface area contributed by atoms with Crippen LogP contribution in [0.25, 0.3) is 74.2 Å². The van der Waals surface area contributed by atoms with Gasteiger partial charge in [-0.2, -0.15) is 0 Å². The first kappa shape index (κ1) is 26.1. The third kappa shape index (κ3) is 4.12. The van der Waals surface area contributed by atoms with Crippen molar-refractivity contribution in [2.75, 3.05) is 0 Å². The van der Waals surface area contributed by atoms with Gasteiger partial charge >= 0.3 is 0 Å². The summed E-state index contributed by atoms with van der Waals surface area (Å²) in [5, 5.41) is 2.51. The van der Waals surface area contributed by atoms with Gasteiger partial charge in [-0.3, -0.25) is 0 Å². The second-order valence-corrected chi connectivity index (χ2v) is 11.4. The van der Waals surface area contributed by atoms with Crippen LogP contribution in [0.5, 0.6) is 0 Å². The van der Waals surface area contributed by atoms with E-state index >= 15 is 0 Å². The molecular weight excluding hydrogens is 532 g/mol. The van der Waals surface area contributed by atoms with Crippen LogP contribution in [0.15, 0.2) is 128 Å². The lowest BCUT2D eigenvalue weighted by molar-refractivity contribution is 0.968. The first-order valence-corrected chi connectivity index (χ1v) is 15.3. The number of nitrogens with zero attached hydrogens (tertiary/aromatic N) is 2. The standard InChI is InChI=1S/C42H32N2/c1-3-12-39-35(4-2)36-17-8-9-19-40(36)43(39)33-24-21-30(22-25-33)32-23-26-42-38(28-32)37-18-11-20-41(37)44(42)34-16-10-15-31(27-34)29-13-6-5-7-14-29/h3-10,12-21,23-24,26-28H,2,22,25H2,1H3/b12-3-. The van der Waals surface area contributed by atoms with Crippen molar-refractivity contribution < 1.29 is 0 Å². The highest BCUT2D eigenvalue weighted by molar-refractivity contribution is 6.00. The highest BCUT2D eigenvalue weighted by Crippen LogP contribution is 2.39. The van der Waals surface area contributed by atoms with Crippen molar-refractivity contribution in [3.63, 3.8) is 0 Å². The first-order chi connectivity index (χ1) is 21.7. The largest absolute Gasteiger partial charge is 0.313 e. The molecule has 0 bridgehead atoms. The smallest absolute Gasteiger partial charge is 0.0624 e. The Morgan fingerprint density at radius 2 is 1.52 bits per heavy atom. The highest BCUT2D eigenvalue weighted by Gasteiger charge is 2.21. The van der Waals surface area contributed by atoms with Crippen molar-refractivity contribution in [1.29, 1.82) is 0 Å². The Kier molecular flexibility index (Phi) is 6.30. The number of hydrogen-bond acceptors (Lipinski definition) is 0. The lowest BCUT2D eigenvalue weighted by atomic mass is 9.94. The Labute approximate surface area is 258 Å². The maximum Gasteiger partial charge on any atom is 0.0624 e. The molecule has 0 spiro atoms. The molecule has 0 atom stereocenters. The molecule has 0 amide bonds. The summed E-state index contributed by atoms with van der Waals surface area (Å²) in [5.41, 5.74) is 18.2. The Bertz CT molecular complexity index is 2270. The number of fused-ring (bicyclic) bond motifs is 4. The zero-order valence-electron chi connectivity index (χ0n) is 24.8. The van der Waals surface area contributed by atoms with E-state index in [2.05, 4.69) is 162 Å². The van der Waals surface area contributed by atoms with Crippen molar-refractivity contribution in [1.82, 2.24) is 9.13 Å². The fourth-order valence-corrected chi connectivity index (χ4v) is 6.95. The quantitative estimate of drug-likeness (QED) is 0.178. The molecule has 0 radical (unpaired) electrons. The molecule has 0 unspecified atom stereocenters. The summed E-state index contributed by atoms with van der Waals surface area (Å²) in [7, 11) is 0. The van der Waals surface area contributed by atoms with Crippen LogP contribution in [0.3, 0.4) is 0 Å². The summed E-state index contributed by atoms with van der Waals surface area (Å²) in [4.78, 5) is 0. The number of aromatic nitrogens is 2. The second-order valence-electron chi connectivity index (χ2n) is 11.4. The average molecular weight is 565 g/mol. The SMILES string of the molecule is C=Cc1c(/C=C\C)n(C2=CC=C(c3ccc4c(c3)c3c(n4-c4cccc(-c5ccccc5)c4)C=C=C3)CC2)c2ccccc12. The van der Waals surface area contributed by atoms with E-state index < -0.39 is 0 Å². The van der Waals surface area contributed by atoms with Crippen LogP contribution in [0.1, 0.15) is 47.8 Å². The maximum atomic E-state index is 4.13. The zero-order valence-corrected chi connectivity index (χ0v) is 24.8. The molecule has 0 N–H and O–H groups in total. The molecule has 6 aromatic rings. The van der Waals surface area contributed by atoms with Crippen LogP contribution < -0.4 is 0 Å². The third-order valence-corrected chi connectivity index (χ3v) is 8.97. The molecule has 2 heteroatoms. The van der Waals surface area contributed by atoms with Crippen LogP contribution >= 0.6 is 0 Å². The van der Waals surface area contributed by atoms with Gasteiger partial charge < -0.3 is 9.13 Å². The van der Waals surface area contributed by atoms with Crippen molar-refractivity contribution in [2.45, 2.75) is 19.8 Å². The molecule has 0 saturated carbocycles. The van der Waals surface area contributed by atoms with E-state index in [1.807, 2.05) is 6.08 Å². The summed E-state index contributed by atoms with van der Waals surface area (Å²) in [5.74, 6) is 0. The van der Waals surface area contributed by atoms with E-state index in [0.29, 0.717) is 0 Å². The molecule has 2 nitrogen and oxygen atoms in total. The molecule has 0 aliphatic heterocycles. The summed E-state index contributed by atoms with van der Waals surface area (Å²) in [6.07, 6.45) is 17.1. The van der Waals surface area contributed by atoms with Crippen LogP contribution in [0.2, 0.25) is 0 Å². The Hall–Kier alpha value is -5.56. The van der Waals surface area contributed by atoms with E-state index in [4.69, 9.17) is 0 Å². The van der Waals surface area contributed by atoms with Crippen molar-refractivity contribution >= 4 is 57.4 Å². The second kappa shape index (κ2) is 10.6. The van der Waals surface area contributed by atoms with Gasteiger partial charge in [-0.15, -0.1) is 5.73 Å². The van der Waals surface area contributed by atoms with Crippen LogP contribution in [0.4, 0.5) is 0 Å². The van der Waals surface area contributed by atoms with Gasteiger partial charge in [0.2, 0.25) is 0 Å². The Morgan fingerprint density at radius 1 is 0.705 bits per heavy atom. The minimum atomic E-state index is 0.969. The average Bonchev–Trinajstić information content (AvgIpc) is 3.76. The lowest BCUT2D eigenvalue weighted by Gasteiger charge is -2.19. The van der Waals surface area contributed by atoms with Crippen molar-refractivity contribution in [3.8, 4) is 16.8 Å². The zero-order chi connectivity index (χ0) is 29.6.